The number of carbonyl (C=O) groups excluding carboxylic acids is 1. The van der Waals surface area contributed by atoms with Gasteiger partial charge in [0, 0.05) is 33.3 Å². The number of fused-ring (bicyclic) bond motifs is 1. The van der Waals surface area contributed by atoms with Gasteiger partial charge in [0.1, 0.15) is 0 Å². The molecule has 30 heavy (non-hydrogen) atoms. The zero-order chi connectivity index (χ0) is 22.1. The molecule has 0 unspecified atom stereocenters. The Morgan fingerprint density at radius 1 is 1.27 bits per heavy atom. The first-order valence-corrected chi connectivity index (χ1v) is 12.7. The van der Waals surface area contributed by atoms with E-state index in [0.717, 1.165) is 30.1 Å². The van der Waals surface area contributed by atoms with Gasteiger partial charge in [-0.25, -0.2) is 13.4 Å². The summed E-state index contributed by atoms with van der Waals surface area (Å²) < 4.78 is 34.2. The molecule has 10 heteroatoms. The van der Waals surface area contributed by atoms with Crippen molar-refractivity contribution in [2.45, 2.75) is 50.2 Å². The summed E-state index contributed by atoms with van der Waals surface area (Å²) in [7, 11) is -1.96. The van der Waals surface area contributed by atoms with Crippen LogP contribution in [-0.4, -0.2) is 67.3 Å². The minimum atomic E-state index is -3.55. The molecule has 2 aromatic rings. The maximum absolute atomic E-state index is 12.9. The van der Waals surface area contributed by atoms with E-state index in [9.17, 15) is 13.2 Å². The second kappa shape index (κ2) is 11.7. The fraction of sp³-hybridized carbons (Fsp3) is 0.600. The van der Waals surface area contributed by atoms with Crippen LogP contribution in [0.5, 0.6) is 0 Å². The summed E-state index contributed by atoms with van der Waals surface area (Å²) in [5.74, 6) is 0.153. The Morgan fingerprint density at radius 3 is 2.63 bits per heavy atom. The van der Waals surface area contributed by atoms with Crippen LogP contribution in [0.15, 0.2) is 28.3 Å². The highest BCUT2D eigenvalue weighted by Gasteiger charge is 2.23. The van der Waals surface area contributed by atoms with Crippen LogP contribution in [0.3, 0.4) is 0 Å². The molecule has 2 rings (SSSR count). The SMILES string of the molecule is CCCCn1c(SCC(=O)NCCOC)nc2cc(S(=O)(=O)N(CC)CC)ccc21. The second-order valence-electron chi connectivity index (χ2n) is 6.77. The smallest absolute Gasteiger partial charge is 0.243 e. The van der Waals surface area contributed by atoms with Crippen molar-refractivity contribution in [2.75, 3.05) is 39.1 Å². The van der Waals surface area contributed by atoms with Crippen LogP contribution < -0.4 is 5.32 Å². The average Bonchev–Trinajstić information content (AvgIpc) is 3.08. The van der Waals surface area contributed by atoms with Crippen LogP contribution in [0, 0.1) is 0 Å². The summed E-state index contributed by atoms with van der Waals surface area (Å²) in [6.45, 7) is 8.30. The standard InChI is InChI=1S/C20H32N4O4S2/c1-5-8-12-24-18-10-9-16(30(26,27)23(6-2)7-3)14-17(18)22-20(24)29-15-19(25)21-11-13-28-4/h9-10,14H,5-8,11-13,15H2,1-4H3,(H,21,25). The van der Waals surface area contributed by atoms with Gasteiger partial charge in [-0.15, -0.1) is 0 Å². The molecule has 1 aromatic heterocycles. The highest BCUT2D eigenvalue weighted by atomic mass is 32.2. The van der Waals surface area contributed by atoms with Crippen molar-refractivity contribution < 1.29 is 17.9 Å². The van der Waals surface area contributed by atoms with Crippen LogP contribution in [0.2, 0.25) is 0 Å². The Hall–Kier alpha value is -1.62. The Labute approximate surface area is 183 Å². The Kier molecular flexibility index (Phi) is 9.60. The number of aromatic nitrogens is 2. The molecule has 1 amide bonds. The highest BCUT2D eigenvalue weighted by Crippen LogP contribution is 2.27. The zero-order valence-electron chi connectivity index (χ0n) is 18.2. The molecule has 168 valence electrons. The maximum atomic E-state index is 12.9. The van der Waals surface area contributed by atoms with E-state index in [1.807, 2.05) is 19.9 Å². The number of benzene rings is 1. The number of methoxy groups -OCH3 is 1. The first-order chi connectivity index (χ1) is 14.4. The number of rotatable bonds is 13. The van der Waals surface area contributed by atoms with Crippen LogP contribution in [-0.2, 0) is 26.1 Å². The summed E-state index contributed by atoms with van der Waals surface area (Å²) in [5, 5.41) is 3.52. The summed E-state index contributed by atoms with van der Waals surface area (Å²) in [6, 6.07) is 5.09. The van der Waals surface area contributed by atoms with Crippen molar-refractivity contribution >= 4 is 38.7 Å². The first kappa shape index (κ1) is 24.6. The van der Waals surface area contributed by atoms with Crippen molar-refractivity contribution in [1.29, 1.82) is 0 Å². The Morgan fingerprint density at radius 2 is 2.00 bits per heavy atom. The third-order valence-corrected chi connectivity index (χ3v) is 7.75. The average molecular weight is 457 g/mol. The minimum absolute atomic E-state index is 0.0871. The third kappa shape index (κ3) is 5.96. The van der Waals surface area contributed by atoms with Gasteiger partial charge in [0.25, 0.3) is 0 Å². The zero-order valence-corrected chi connectivity index (χ0v) is 19.8. The van der Waals surface area contributed by atoms with Gasteiger partial charge >= 0.3 is 0 Å². The van der Waals surface area contributed by atoms with Gasteiger partial charge in [-0.1, -0.05) is 39.0 Å². The Balaban J connectivity index is 2.32. The molecule has 0 spiro atoms. The summed E-state index contributed by atoms with van der Waals surface area (Å²) in [5.41, 5.74) is 1.51. The predicted molar refractivity (Wildman–Crippen MR) is 120 cm³/mol. The van der Waals surface area contributed by atoms with Crippen LogP contribution in [0.1, 0.15) is 33.6 Å². The number of sulfonamides is 1. The van der Waals surface area contributed by atoms with Gasteiger partial charge in [0.2, 0.25) is 15.9 Å². The lowest BCUT2D eigenvalue weighted by molar-refractivity contribution is -0.118. The molecular weight excluding hydrogens is 424 g/mol. The molecule has 0 aliphatic heterocycles. The number of hydrogen-bond donors (Lipinski definition) is 1. The molecule has 0 fully saturated rings. The van der Waals surface area contributed by atoms with E-state index in [4.69, 9.17) is 4.74 Å². The first-order valence-electron chi connectivity index (χ1n) is 10.3. The summed E-state index contributed by atoms with van der Waals surface area (Å²) in [6.07, 6.45) is 1.99. The largest absolute Gasteiger partial charge is 0.383 e. The van der Waals surface area contributed by atoms with Crippen molar-refractivity contribution in [3.63, 3.8) is 0 Å². The van der Waals surface area contributed by atoms with Crippen molar-refractivity contribution in [3.05, 3.63) is 18.2 Å². The molecule has 0 aliphatic rings. The van der Waals surface area contributed by atoms with E-state index >= 15 is 0 Å². The van der Waals surface area contributed by atoms with Crippen LogP contribution >= 0.6 is 11.8 Å². The van der Waals surface area contributed by atoms with Crippen molar-refractivity contribution in [3.8, 4) is 0 Å². The summed E-state index contributed by atoms with van der Waals surface area (Å²) >= 11 is 1.36. The number of carbonyl (C=O) groups is 1. The topological polar surface area (TPSA) is 93.5 Å². The normalized spacial score (nSPS) is 12.0. The molecule has 0 saturated carbocycles. The highest BCUT2D eigenvalue weighted by molar-refractivity contribution is 7.99. The number of hydrogen-bond acceptors (Lipinski definition) is 6. The lowest BCUT2D eigenvalue weighted by Crippen LogP contribution is -2.30. The van der Waals surface area contributed by atoms with E-state index in [2.05, 4.69) is 21.8 Å². The van der Waals surface area contributed by atoms with Crippen LogP contribution in [0.4, 0.5) is 0 Å². The monoisotopic (exact) mass is 456 g/mol. The van der Waals surface area contributed by atoms with Crippen molar-refractivity contribution in [2.24, 2.45) is 0 Å². The fourth-order valence-corrected chi connectivity index (χ4v) is 5.43. The van der Waals surface area contributed by atoms with Crippen molar-refractivity contribution in [1.82, 2.24) is 19.2 Å². The maximum Gasteiger partial charge on any atom is 0.243 e. The van der Waals surface area contributed by atoms with Crippen LogP contribution in [0.25, 0.3) is 11.0 Å². The van der Waals surface area contributed by atoms with Gasteiger partial charge in [-0.05, 0) is 24.6 Å². The molecule has 0 saturated heterocycles. The number of amides is 1. The van der Waals surface area contributed by atoms with Gasteiger partial charge in [-0.2, -0.15) is 4.31 Å². The molecule has 0 aliphatic carbocycles. The molecular formula is C20H32N4O4S2. The van der Waals surface area contributed by atoms with E-state index < -0.39 is 10.0 Å². The fourth-order valence-electron chi connectivity index (χ4n) is 3.08. The number of aryl methyl sites for hydroxylation is 1. The van der Waals surface area contributed by atoms with Gasteiger partial charge in [-0.3, -0.25) is 4.79 Å². The van der Waals surface area contributed by atoms with E-state index in [1.54, 1.807) is 19.2 Å². The Bertz CT molecular complexity index is 940. The number of nitrogens with zero attached hydrogens (tertiary/aromatic N) is 3. The minimum Gasteiger partial charge on any atom is -0.383 e. The molecule has 1 aromatic carbocycles. The second-order valence-corrected chi connectivity index (χ2v) is 9.65. The molecule has 1 heterocycles. The van der Waals surface area contributed by atoms with E-state index in [1.165, 1.54) is 16.1 Å². The van der Waals surface area contributed by atoms with Gasteiger partial charge in [0.15, 0.2) is 5.16 Å². The molecule has 0 bridgehead atoms. The molecule has 0 radical (unpaired) electrons. The third-order valence-electron chi connectivity index (χ3n) is 4.72. The molecule has 8 nitrogen and oxygen atoms in total. The lowest BCUT2D eigenvalue weighted by atomic mass is 10.3. The van der Waals surface area contributed by atoms with Gasteiger partial charge < -0.3 is 14.6 Å². The van der Waals surface area contributed by atoms with E-state index in [-0.39, 0.29) is 16.6 Å². The van der Waals surface area contributed by atoms with E-state index in [0.29, 0.717) is 31.8 Å². The molecule has 1 N–H and O–H groups in total. The number of ether oxygens (including phenoxy) is 1. The molecule has 0 atom stereocenters. The quantitative estimate of drug-likeness (QED) is 0.368. The summed E-state index contributed by atoms with van der Waals surface area (Å²) in [4.78, 5) is 16.9. The van der Waals surface area contributed by atoms with Gasteiger partial charge in [0.05, 0.1) is 28.3 Å². The number of nitrogens with one attached hydrogen (secondary N) is 1. The lowest BCUT2D eigenvalue weighted by Gasteiger charge is -2.18. The number of unbranched alkanes of at least 4 members (excludes halogenated alkanes) is 1. The predicted octanol–water partition coefficient (Wildman–Crippen LogP) is 2.72. The number of thioether (sulfide) groups is 1. The number of imidazole rings is 1.